The lowest BCUT2D eigenvalue weighted by molar-refractivity contribution is 0.101. The molecule has 27 heavy (non-hydrogen) atoms. The molecule has 0 aliphatic rings. The highest BCUT2D eigenvalue weighted by atomic mass is 16.5. The van der Waals surface area contributed by atoms with E-state index >= 15 is 0 Å². The van der Waals surface area contributed by atoms with Crippen molar-refractivity contribution in [2.75, 3.05) is 12.4 Å². The number of amides is 1. The van der Waals surface area contributed by atoms with Crippen LogP contribution in [-0.4, -0.2) is 22.8 Å². The lowest BCUT2D eigenvalue weighted by Gasteiger charge is -2.13. The van der Waals surface area contributed by atoms with Gasteiger partial charge in [-0.05, 0) is 42.7 Å². The van der Waals surface area contributed by atoms with Crippen LogP contribution in [0.3, 0.4) is 0 Å². The van der Waals surface area contributed by atoms with Gasteiger partial charge in [0.1, 0.15) is 0 Å². The van der Waals surface area contributed by atoms with Crippen LogP contribution >= 0.6 is 0 Å². The highest BCUT2D eigenvalue weighted by Gasteiger charge is 2.18. The summed E-state index contributed by atoms with van der Waals surface area (Å²) in [5, 5.41) is 7.07. The highest BCUT2D eigenvalue weighted by molar-refractivity contribution is 6.04. The molecule has 0 unspecified atom stereocenters. The third-order valence-electron chi connectivity index (χ3n) is 4.30. The van der Waals surface area contributed by atoms with Crippen molar-refractivity contribution in [3.05, 3.63) is 81.8 Å². The monoisotopic (exact) mass is 363 g/mol. The number of anilines is 1. The second-order valence-electron chi connectivity index (χ2n) is 6.10. The molecule has 138 valence electrons. The summed E-state index contributed by atoms with van der Waals surface area (Å²) in [6, 6.07) is 16.2. The number of hydrogen-bond acceptors (Lipinski definition) is 4. The number of rotatable bonds is 5. The summed E-state index contributed by atoms with van der Waals surface area (Å²) < 4.78 is 6.42. The minimum Gasteiger partial charge on any atom is -0.494 e. The van der Waals surface area contributed by atoms with Gasteiger partial charge in [-0.2, -0.15) is 9.78 Å². The van der Waals surface area contributed by atoms with Crippen LogP contribution in [-0.2, 0) is 6.42 Å². The number of ether oxygens (including phenoxy) is 1. The van der Waals surface area contributed by atoms with Crippen molar-refractivity contribution >= 4 is 11.6 Å². The van der Waals surface area contributed by atoms with E-state index in [1.54, 1.807) is 6.07 Å². The molecule has 0 fully saturated rings. The summed E-state index contributed by atoms with van der Waals surface area (Å²) in [5.74, 6) is -0.314. The van der Waals surface area contributed by atoms with Gasteiger partial charge in [-0.25, -0.2) is 0 Å². The fourth-order valence-corrected chi connectivity index (χ4v) is 2.74. The number of nitrogens with one attached hydrogen (secondary N) is 1. The van der Waals surface area contributed by atoms with Gasteiger partial charge in [-0.1, -0.05) is 37.3 Å². The van der Waals surface area contributed by atoms with Gasteiger partial charge in [0.2, 0.25) is 0 Å². The standard InChI is InChI=1S/C21H21N3O3/c1-4-15-9-11-16(12-10-15)22-21(26)20-18(27-3)13-19(25)24(23-20)17-8-6-5-7-14(17)2/h5-13H,4H2,1-3H3,(H,22,26). The molecule has 3 rings (SSSR count). The summed E-state index contributed by atoms with van der Waals surface area (Å²) in [6.45, 7) is 3.94. The van der Waals surface area contributed by atoms with Crippen molar-refractivity contribution in [3.63, 3.8) is 0 Å². The Hall–Kier alpha value is -3.41. The van der Waals surface area contributed by atoms with Crippen LogP contribution in [0.15, 0.2) is 59.4 Å². The molecule has 1 amide bonds. The third-order valence-corrected chi connectivity index (χ3v) is 4.30. The molecular formula is C21H21N3O3. The van der Waals surface area contributed by atoms with E-state index in [0.29, 0.717) is 11.4 Å². The first-order chi connectivity index (χ1) is 13.0. The first-order valence-corrected chi connectivity index (χ1v) is 8.68. The van der Waals surface area contributed by atoms with Gasteiger partial charge in [-0.15, -0.1) is 0 Å². The number of carbonyl (C=O) groups excluding carboxylic acids is 1. The summed E-state index contributed by atoms with van der Waals surface area (Å²) >= 11 is 0. The van der Waals surface area contributed by atoms with Crippen molar-refractivity contribution < 1.29 is 9.53 Å². The largest absolute Gasteiger partial charge is 0.494 e. The zero-order chi connectivity index (χ0) is 19.4. The number of nitrogens with zero attached hydrogens (tertiary/aromatic N) is 2. The van der Waals surface area contributed by atoms with E-state index in [4.69, 9.17) is 4.74 Å². The van der Waals surface area contributed by atoms with Gasteiger partial charge < -0.3 is 10.1 Å². The van der Waals surface area contributed by atoms with Crippen LogP contribution in [0.5, 0.6) is 5.75 Å². The molecule has 2 aromatic carbocycles. The quantitative estimate of drug-likeness (QED) is 0.754. The maximum absolute atomic E-state index is 12.8. The Bertz CT molecular complexity index is 1020. The van der Waals surface area contributed by atoms with E-state index in [1.807, 2.05) is 49.4 Å². The Morgan fingerprint density at radius 1 is 1.15 bits per heavy atom. The Kier molecular flexibility index (Phi) is 5.35. The third kappa shape index (κ3) is 3.89. The van der Waals surface area contributed by atoms with Crippen molar-refractivity contribution in [1.82, 2.24) is 9.78 Å². The van der Waals surface area contributed by atoms with Crippen LogP contribution in [0.1, 0.15) is 28.5 Å². The predicted octanol–water partition coefficient (Wildman–Crippen LogP) is 3.36. The van der Waals surface area contributed by atoms with Crippen LogP contribution in [0.25, 0.3) is 5.69 Å². The molecule has 1 heterocycles. The van der Waals surface area contributed by atoms with Crippen molar-refractivity contribution in [2.45, 2.75) is 20.3 Å². The Balaban J connectivity index is 2.00. The number of para-hydroxylation sites is 1. The first kappa shape index (κ1) is 18.4. The molecular weight excluding hydrogens is 342 g/mol. The number of methoxy groups -OCH3 is 1. The van der Waals surface area contributed by atoms with E-state index < -0.39 is 5.91 Å². The second-order valence-corrected chi connectivity index (χ2v) is 6.10. The van der Waals surface area contributed by atoms with Crippen molar-refractivity contribution in [3.8, 4) is 11.4 Å². The lowest BCUT2D eigenvalue weighted by Crippen LogP contribution is -2.26. The van der Waals surface area contributed by atoms with Gasteiger partial charge in [0.05, 0.1) is 18.9 Å². The van der Waals surface area contributed by atoms with Gasteiger partial charge in [0.15, 0.2) is 11.4 Å². The fourth-order valence-electron chi connectivity index (χ4n) is 2.74. The maximum atomic E-state index is 12.8. The number of benzene rings is 2. The number of carbonyl (C=O) groups is 1. The Morgan fingerprint density at radius 2 is 1.85 bits per heavy atom. The molecule has 0 radical (unpaired) electrons. The molecule has 0 atom stereocenters. The summed E-state index contributed by atoms with van der Waals surface area (Å²) in [4.78, 5) is 25.2. The van der Waals surface area contributed by atoms with E-state index in [2.05, 4.69) is 17.3 Å². The van der Waals surface area contributed by atoms with Crippen molar-refractivity contribution in [2.24, 2.45) is 0 Å². The molecule has 1 N–H and O–H groups in total. The molecule has 0 spiro atoms. The summed E-state index contributed by atoms with van der Waals surface area (Å²) in [6.07, 6.45) is 0.922. The van der Waals surface area contributed by atoms with E-state index in [-0.39, 0.29) is 17.0 Å². The predicted molar refractivity (Wildman–Crippen MR) is 105 cm³/mol. The summed E-state index contributed by atoms with van der Waals surface area (Å²) in [7, 11) is 1.40. The normalized spacial score (nSPS) is 10.5. The summed E-state index contributed by atoms with van der Waals surface area (Å²) in [5.41, 5.74) is 2.99. The number of hydrogen-bond donors (Lipinski definition) is 1. The second kappa shape index (κ2) is 7.86. The average Bonchev–Trinajstić information content (AvgIpc) is 2.69. The molecule has 0 bridgehead atoms. The van der Waals surface area contributed by atoms with Gasteiger partial charge in [0.25, 0.3) is 11.5 Å². The highest BCUT2D eigenvalue weighted by Crippen LogP contribution is 2.18. The Labute approximate surface area is 157 Å². The molecule has 1 aromatic heterocycles. The number of aryl methyl sites for hydroxylation is 2. The molecule has 6 heteroatoms. The van der Waals surface area contributed by atoms with Gasteiger partial charge in [0, 0.05) is 5.69 Å². The molecule has 6 nitrogen and oxygen atoms in total. The zero-order valence-electron chi connectivity index (χ0n) is 15.5. The zero-order valence-corrected chi connectivity index (χ0v) is 15.5. The Morgan fingerprint density at radius 3 is 2.48 bits per heavy atom. The van der Waals surface area contributed by atoms with Crippen molar-refractivity contribution in [1.29, 1.82) is 0 Å². The van der Waals surface area contributed by atoms with Crippen LogP contribution in [0.4, 0.5) is 5.69 Å². The molecule has 0 aliphatic carbocycles. The van der Waals surface area contributed by atoms with E-state index in [1.165, 1.54) is 23.4 Å². The topological polar surface area (TPSA) is 73.2 Å². The van der Waals surface area contributed by atoms with E-state index in [9.17, 15) is 9.59 Å². The van der Waals surface area contributed by atoms with Crippen LogP contribution in [0, 0.1) is 6.92 Å². The lowest BCUT2D eigenvalue weighted by atomic mass is 10.1. The molecule has 0 aliphatic heterocycles. The van der Waals surface area contributed by atoms with Gasteiger partial charge >= 0.3 is 0 Å². The minimum atomic E-state index is -0.446. The van der Waals surface area contributed by atoms with Crippen LogP contribution < -0.4 is 15.6 Å². The van der Waals surface area contributed by atoms with E-state index in [0.717, 1.165) is 12.0 Å². The average molecular weight is 363 g/mol. The maximum Gasteiger partial charge on any atom is 0.279 e. The first-order valence-electron chi connectivity index (χ1n) is 8.68. The van der Waals surface area contributed by atoms with Gasteiger partial charge in [-0.3, -0.25) is 9.59 Å². The molecule has 3 aromatic rings. The minimum absolute atomic E-state index is 0.0416. The molecule has 0 saturated carbocycles. The number of aromatic nitrogens is 2. The smallest absolute Gasteiger partial charge is 0.279 e. The van der Waals surface area contributed by atoms with Crippen LogP contribution in [0.2, 0.25) is 0 Å². The SMILES string of the molecule is CCc1ccc(NC(=O)c2nn(-c3ccccc3C)c(=O)cc2OC)cc1. The fraction of sp³-hybridized carbons (Fsp3) is 0.190. The molecule has 0 saturated heterocycles.